The van der Waals surface area contributed by atoms with Crippen molar-refractivity contribution in [3.8, 4) is 17.2 Å². The van der Waals surface area contributed by atoms with E-state index in [1.165, 1.54) is 0 Å². The maximum Gasteiger partial charge on any atom is 0.231 e. The number of rotatable bonds is 10. The van der Waals surface area contributed by atoms with Crippen molar-refractivity contribution in [2.45, 2.75) is 46.0 Å². The molecule has 23 heavy (non-hydrogen) atoms. The standard InChI is InChI=1S/C18H24O5/c1-3-15(19)14(16(20)4-2)7-5-6-10-21-13-8-9-17-18(11-13)23-12-22-17/h8-9,11,14H,3-7,10,12H2,1-2H3. The highest BCUT2D eigenvalue weighted by Gasteiger charge is 2.22. The molecule has 126 valence electrons. The van der Waals surface area contributed by atoms with Gasteiger partial charge in [-0.1, -0.05) is 13.8 Å². The zero-order valence-corrected chi connectivity index (χ0v) is 13.8. The lowest BCUT2D eigenvalue weighted by Crippen LogP contribution is -2.23. The smallest absolute Gasteiger partial charge is 0.231 e. The lowest BCUT2D eigenvalue weighted by Gasteiger charge is -2.13. The largest absolute Gasteiger partial charge is 0.493 e. The predicted octanol–water partition coefficient (Wildman–Crippen LogP) is 3.54. The molecule has 5 nitrogen and oxygen atoms in total. The second kappa shape index (κ2) is 8.56. The molecule has 5 heteroatoms. The molecule has 1 aromatic rings. The van der Waals surface area contributed by atoms with E-state index in [1.54, 1.807) is 13.8 Å². The highest BCUT2D eigenvalue weighted by atomic mass is 16.7. The van der Waals surface area contributed by atoms with Crippen LogP contribution in [0.2, 0.25) is 0 Å². The molecular weight excluding hydrogens is 296 g/mol. The van der Waals surface area contributed by atoms with Crippen molar-refractivity contribution in [1.82, 2.24) is 0 Å². The molecule has 1 aromatic carbocycles. The van der Waals surface area contributed by atoms with Gasteiger partial charge >= 0.3 is 0 Å². The number of ether oxygens (including phenoxy) is 3. The van der Waals surface area contributed by atoms with Gasteiger partial charge in [0.25, 0.3) is 0 Å². The molecule has 0 N–H and O–H groups in total. The minimum atomic E-state index is -0.435. The Hall–Kier alpha value is -2.04. The van der Waals surface area contributed by atoms with Gasteiger partial charge in [-0.25, -0.2) is 0 Å². The average Bonchev–Trinajstić information content (AvgIpc) is 3.04. The fourth-order valence-electron chi connectivity index (χ4n) is 2.60. The second-order valence-electron chi connectivity index (χ2n) is 5.55. The highest BCUT2D eigenvalue weighted by Crippen LogP contribution is 2.35. The van der Waals surface area contributed by atoms with Gasteiger partial charge in [0.05, 0.1) is 12.5 Å². The van der Waals surface area contributed by atoms with Crippen molar-refractivity contribution in [3.05, 3.63) is 18.2 Å². The van der Waals surface area contributed by atoms with Crippen LogP contribution >= 0.6 is 0 Å². The van der Waals surface area contributed by atoms with Crippen molar-refractivity contribution < 1.29 is 23.8 Å². The highest BCUT2D eigenvalue weighted by molar-refractivity contribution is 6.02. The monoisotopic (exact) mass is 320 g/mol. The number of fused-ring (bicyclic) bond motifs is 1. The molecule has 1 aliphatic heterocycles. The van der Waals surface area contributed by atoms with Crippen LogP contribution < -0.4 is 14.2 Å². The van der Waals surface area contributed by atoms with E-state index in [-0.39, 0.29) is 18.4 Å². The third-order valence-electron chi connectivity index (χ3n) is 3.97. The minimum Gasteiger partial charge on any atom is -0.493 e. The molecule has 0 unspecified atom stereocenters. The van der Waals surface area contributed by atoms with Crippen molar-refractivity contribution in [1.29, 1.82) is 0 Å². The maximum absolute atomic E-state index is 11.8. The fourth-order valence-corrected chi connectivity index (χ4v) is 2.60. The van der Waals surface area contributed by atoms with Gasteiger partial charge in [0, 0.05) is 18.9 Å². The van der Waals surface area contributed by atoms with Gasteiger partial charge in [-0.15, -0.1) is 0 Å². The molecule has 1 heterocycles. The van der Waals surface area contributed by atoms with Gasteiger partial charge < -0.3 is 14.2 Å². The molecule has 0 spiro atoms. The molecule has 0 amide bonds. The zero-order valence-electron chi connectivity index (χ0n) is 13.8. The van der Waals surface area contributed by atoms with Crippen LogP contribution in [0.1, 0.15) is 46.0 Å². The topological polar surface area (TPSA) is 61.8 Å². The van der Waals surface area contributed by atoms with Crippen LogP contribution in [0, 0.1) is 5.92 Å². The Labute approximate surface area is 136 Å². The Kier molecular flexibility index (Phi) is 6.44. The summed E-state index contributed by atoms with van der Waals surface area (Å²) in [5.41, 5.74) is 0. The number of carbonyl (C=O) groups is 2. The maximum atomic E-state index is 11.8. The van der Waals surface area contributed by atoms with E-state index in [1.807, 2.05) is 18.2 Å². The number of benzene rings is 1. The molecule has 1 aliphatic rings. The molecule has 0 fully saturated rings. The van der Waals surface area contributed by atoms with E-state index in [0.717, 1.165) is 24.3 Å². The molecular formula is C18H24O5. The first-order valence-electron chi connectivity index (χ1n) is 8.23. The summed E-state index contributed by atoms with van der Waals surface area (Å²) in [6.07, 6.45) is 3.06. The van der Waals surface area contributed by atoms with Crippen LogP contribution in [-0.4, -0.2) is 25.0 Å². The summed E-state index contributed by atoms with van der Waals surface area (Å²) in [5.74, 6) is 1.83. The molecule has 0 radical (unpaired) electrons. The third kappa shape index (κ3) is 4.71. The quantitative estimate of drug-likeness (QED) is 0.487. The first kappa shape index (κ1) is 17.3. The van der Waals surface area contributed by atoms with Gasteiger partial charge in [0.1, 0.15) is 17.3 Å². The van der Waals surface area contributed by atoms with Crippen molar-refractivity contribution >= 4 is 11.6 Å². The molecule has 0 bridgehead atoms. The first-order valence-corrected chi connectivity index (χ1v) is 8.23. The summed E-state index contributed by atoms with van der Waals surface area (Å²) < 4.78 is 16.2. The van der Waals surface area contributed by atoms with E-state index < -0.39 is 5.92 Å². The Morgan fingerprint density at radius 2 is 1.78 bits per heavy atom. The predicted molar refractivity (Wildman–Crippen MR) is 86.0 cm³/mol. The molecule has 0 saturated carbocycles. The zero-order chi connectivity index (χ0) is 16.7. The third-order valence-corrected chi connectivity index (χ3v) is 3.97. The Morgan fingerprint density at radius 3 is 2.48 bits per heavy atom. The van der Waals surface area contributed by atoms with Crippen LogP contribution in [0.3, 0.4) is 0 Å². The summed E-state index contributed by atoms with van der Waals surface area (Å²) in [5, 5.41) is 0. The van der Waals surface area contributed by atoms with Gasteiger partial charge in [0.2, 0.25) is 6.79 Å². The normalized spacial score (nSPS) is 12.5. The van der Waals surface area contributed by atoms with Crippen molar-refractivity contribution in [2.24, 2.45) is 5.92 Å². The lowest BCUT2D eigenvalue weighted by molar-refractivity contribution is -0.132. The number of ketones is 2. The number of hydrogen-bond acceptors (Lipinski definition) is 5. The van der Waals surface area contributed by atoms with E-state index in [0.29, 0.717) is 31.6 Å². The van der Waals surface area contributed by atoms with Crippen LogP contribution in [0.15, 0.2) is 18.2 Å². The SMILES string of the molecule is CCC(=O)C(CCCCOc1ccc2c(c1)OCO2)C(=O)CC. The Bertz CT molecular complexity index is 536. The number of hydrogen-bond donors (Lipinski definition) is 0. The van der Waals surface area contributed by atoms with Crippen molar-refractivity contribution in [3.63, 3.8) is 0 Å². The Balaban J connectivity index is 1.72. The van der Waals surface area contributed by atoms with Crippen LogP contribution in [0.5, 0.6) is 17.2 Å². The summed E-state index contributed by atoms with van der Waals surface area (Å²) in [6, 6.07) is 5.48. The summed E-state index contributed by atoms with van der Waals surface area (Å²) in [6.45, 7) is 4.41. The molecule has 0 aromatic heterocycles. The second-order valence-corrected chi connectivity index (χ2v) is 5.55. The number of Topliss-reactive ketones (excluding diaryl/α,β-unsaturated/α-hetero) is 2. The summed E-state index contributed by atoms with van der Waals surface area (Å²) in [7, 11) is 0. The van der Waals surface area contributed by atoms with E-state index >= 15 is 0 Å². The van der Waals surface area contributed by atoms with Gasteiger partial charge in [-0.2, -0.15) is 0 Å². The van der Waals surface area contributed by atoms with E-state index in [4.69, 9.17) is 14.2 Å². The van der Waals surface area contributed by atoms with Gasteiger partial charge in [0.15, 0.2) is 11.5 Å². The van der Waals surface area contributed by atoms with Crippen LogP contribution in [-0.2, 0) is 9.59 Å². The van der Waals surface area contributed by atoms with Crippen molar-refractivity contribution in [2.75, 3.05) is 13.4 Å². The molecule has 2 rings (SSSR count). The van der Waals surface area contributed by atoms with Crippen LogP contribution in [0.4, 0.5) is 0 Å². The van der Waals surface area contributed by atoms with Gasteiger partial charge in [-0.05, 0) is 31.4 Å². The first-order chi connectivity index (χ1) is 11.2. The van der Waals surface area contributed by atoms with E-state index in [9.17, 15) is 9.59 Å². The average molecular weight is 320 g/mol. The summed E-state index contributed by atoms with van der Waals surface area (Å²) >= 11 is 0. The lowest BCUT2D eigenvalue weighted by atomic mass is 9.90. The number of unbranched alkanes of at least 4 members (excludes halogenated alkanes) is 1. The molecule has 0 atom stereocenters. The Morgan fingerprint density at radius 1 is 1.09 bits per heavy atom. The van der Waals surface area contributed by atoms with E-state index in [2.05, 4.69) is 0 Å². The fraction of sp³-hybridized carbons (Fsp3) is 0.556. The molecule has 0 aliphatic carbocycles. The van der Waals surface area contributed by atoms with Gasteiger partial charge in [-0.3, -0.25) is 9.59 Å². The summed E-state index contributed by atoms with van der Waals surface area (Å²) in [4.78, 5) is 23.7. The minimum absolute atomic E-state index is 0.0496. The molecule has 0 saturated heterocycles. The number of carbonyl (C=O) groups excluding carboxylic acids is 2. The van der Waals surface area contributed by atoms with Crippen LogP contribution in [0.25, 0.3) is 0 Å².